The lowest BCUT2D eigenvalue weighted by Crippen LogP contribution is -2.46. The average Bonchev–Trinajstić information content (AvgIpc) is 3.23. The summed E-state index contributed by atoms with van der Waals surface area (Å²) >= 11 is 0. The maximum atomic E-state index is 14.7. The quantitative estimate of drug-likeness (QED) is 0.893. The van der Waals surface area contributed by atoms with E-state index in [2.05, 4.69) is 16.7 Å². The Kier molecular flexibility index (Phi) is 4.88. The number of carbonyl (C=O) groups excluding carboxylic acids is 1. The molecule has 2 saturated heterocycles. The third-order valence-corrected chi connectivity index (χ3v) is 6.55. The third kappa shape index (κ3) is 3.21. The molecule has 3 aliphatic rings. The molecule has 2 N–H and O–H groups in total. The number of likely N-dealkylation sites (N-methyl/N-ethyl adjacent to an activating group) is 1. The number of benzene rings is 1. The molecule has 0 bridgehead atoms. The van der Waals surface area contributed by atoms with E-state index in [4.69, 9.17) is 5.73 Å². The lowest BCUT2D eigenvalue weighted by atomic mass is 9.98. The zero-order valence-corrected chi connectivity index (χ0v) is 15.5. The molecule has 1 amide bonds. The van der Waals surface area contributed by atoms with Gasteiger partial charge in [-0.05, 0) is 49.4 Å². The SMILES string of the molecule is CCN1CCN(c2ccc(C(=O)N3CC4CCC(N)C4C3)cc2F)CC1. The van der Waals surface area contributed by atoms with Gasteiger partial charge in [-0.2, -0.15) is 0 Å². The highest BCUT2D eigenvalue weighted by atomic mass is 19.1. The van der Waals surface area contributed by atoms with Crippen LogP contribution in [0, 0.1) is 17.7 Å². The molecule has 1 aromatic rings. The molecule has 6 heteroatoms. The van der Waals surface area contributed by atoms with E-state index in [1.165, 1.54) is 6.07 Å². The zero-order valence-electron chi connectivity index (χ0n) is 15.5. The molecule has 2 heterocycles. The number of piperazine rings is 1. The molecule has 0 spiro atoms. The van der Waals surface area contributed by atoms with Crippen LogP contribution in [0.5, 0.6) is 0 Å². The first-order valence-corrected chi connectivity index (χ1v) is 9.88. The van der Waals surface area contributed by atoms with Gasteiger partial charge in [-0.1, -0.05) is 6.92 Å². The van der Waals surface area contributed by atoms with Crippen LogP contribution in [-0.2, 0) is 0 Å². The number of hydrogen-bond acceptors (Lipinski definition) is 4. The summed E-state index contributed by atoms with van der Waals surface area (Å²) in [5, 5.41) is 0. The van der Waals surface area contributed by atoms with Gasteiger partial charge in [0.1, 0.15) is 5.82 Å². The highest BCUT2D eigenvalue weighted by molar-refractivity contribution is 5.94. The first kappa shape index (κ1) is 17.7. The van der Waals surface area contributed by atoms with Crippen molar-refractivity contribution < 1.29 is 9.18 Å². The van der Waals surface area contributed by atoms with Gasteiger partial charge in [-0.15, -0.1) is 0 Å². The number of rotatable bonds is 3. The van der Waals surface area contributed by atoms with E-state index in [-0.39, 0.29) is 17.8 Å². The van der Waals surface area contributed by atoms with Gasteiger partial charge in [0.2, 0.25) is 0 Å². The van der Waals surface area contributed by atoms with Crippen molar-refractivity contribution in [2.45, 2.75) is 25.8 Å². The van der Waals surface area contributed by atoms with Crippen molar-refractivity contribution in [3.05, 3.63) is 29.6 Å². The summed E-state index contributed by atoms with van der Waals surface area (Å²) in [4.78, 5) is 19.1. The second-order valence-electron chi connectivity index (χ2n) is 7.96. The fraction of sp³-hybridized carbons (Fsp3) is 0.650. The molecular weight excluding hydrogens is 331 g/mol. The van der Waals surface area contributed by atoms with Gasteiger partial charge in [0.25, 0.3) is 5.91 Å². The summed E-state index contributed by atoms with van der Waals surface area (Å²) in [6.07, 6.45) is 2.17. The van der Waals surface area contributed by atoms with Gasteiger partial charge in [0.05, 0.1) is 5.69 Å². The largest absolute Gasteiger partial charge is 0.367 e. The first-order valence-electron chi connectivity index (χ1n) is 9.88. The van der Waals surface area contributed by atoms with Crippen LogP contribution in [0.1, 0.15) is 30.1 Å². The highest BCUT2D eigenvalue weighted by Gasteiger charge is 2.42. The number of anilines is 1. The van der Waals surface area contributed by atoms with E-state index in [0.717, 1.165) is 52.1 Å². The molecule has 3 unspecified atom stereocenters. The molecule has 26 heavy (non-hydrogen) atoms. The number of nitrogens with two attached hydrogens (primary N) is 1. The van der Waals surface area contributed by atoms with Gasteiger partial charge in [0, 0.05) is 50.9 Å². The van der Waals surface area contributed by atoms with Gasteiger partial charge in [-0.3, -0.25) is 4.79 Å². The van der Waals surface area contributed by atoms with E-state index in [0.29, 0.717) is 29.6 Å². The fourth-order valence-corrected chi connectivity index (χ4v) is 4.86. The number of nitrogens with zero attached hydrogens (tertiary/aromatic N) is 3. The molecule has 4 rings (SSSR count). The number of halogens is 1. The van der Waals surface area contributed by atoms with Gasteiger partial charge >= 0.3 is 0 Å². The smallest absolute Gasteiger partial charge is 0.253 e. The number of fused-ring (bicyclic) bond motifs is 1. The summed E-state index contributed by atoms with van der Waals surface area (Å²) in [6.45, 7) is 8.21. The maximum Gasteiger partial charge on any atom is 0.253 e. The molecule has 3 fully saturated rings. The fourth-order valence-electron chi connectivity index (χ4n) is 4.86. The molecule has 5 nitrogen and oxygen atoms in total. The predicted octanol–water partition coefficient (Wildman–Crippen LogP) is 1.78. The Morgan fingerprint density at radius 1 is 1.19 bits per heavy atom. The Labute approximate surface area is 154 Å². The van der Waals surface area contributed by atoms with Crippen LogP contribution in [0.25, 0.3) is 0 Å². The van der Waals surface area contributed by atoms with Crippen LogP contribution in [0.4, 0.5) is 10.1 Å². The molecule has 1 aliphatic carbocycles. The highest BCUT2D eigenvalue weighted by Crippen LogP contribution is 2.37. The normalized spacial score (nSPS) is 29.3. The van der Waals surface area contributed by atoms with E-state index >= 15 is 0 Å². The minimum Gasteiger partial charge on any atom is -0.367 e. The Balaban J connectivity index is 1.44. The van der Waals surface area contributed by atoms with E-state index in [1.807, 2.05) is 4.90 Å². The molecule has 2 aliphatic heterocycles. The Hall–Kier alpha value is -1.66. The summed E-state index contributed by atoms with van der Waals surface area (Å²) < 4.78 is 14.7. The van der Waals surface area contributed by atoms with E-state index in [1.54, 1.807) is 12.1 Å². The zero-order chi connectivity index (χ0) is 18.3. The summed E-state index contributed by atoms with van der Waals surface area (Å²) in [5.74, 6) is 0.579. The summed E-state index contributed by atoms with van der Waals surface area (Å²) in [6, 6.07) is 5.17. The van der Waals surface area contributed by atoms with Crippen LogP contribution in [0.3, 0.4) is 0 Å². The minimum atomic E-state index is -0.295. The molecule has 0 aromatic heterocycles. The first-order chi connectivity index (χ1) is 12.6. The van der Waals surface area contributed by atoms with E-state index < -0.39 is 0 Å². The Bertz CT molecular complexity index is 674. The standard InChI is InChI=1S/C20H29FN4O/c1-2-23-7-9-24(10-8-23)19-6-4-14(11-17(19)21)20(26)25-12-15-3-5-18(22)16(15)13-25/h4,6,11,15-16,18H,2-3,5,7-10,12-13,22H2,1H3. The van der Waals surface area contributed by atoms with Crippen LogP contribution in [0.15, 0.2) is 18.2 Å². The van der Waals surface area contributed by atoms with Crippen molar-refractivity contribution in [3.8, 4) is 0 Å². The van der Waals surface area contributed by atoms with Crippen LogP contribution < -0.4 is 10.6 Å². The lowest BCUT2D eigenvalue weighted by Gasteiger charge is -2.35. The topological polar surface area (TPSA) is 52.8 Å². The maximum absolute atomic E-state index is 14.7. The van der Waals surface area contributed by atoms with Crippen molar-refractivity contribution in [3.63, 3.8) is 0 Å². The van der Waals surface area contributed by atoms with E-state index in [9.17, 15) is 9.18 Å². The molecule has 0 radical (unpaired) electrons. The summed E-state index contributed by atoms with van der Waals surface area (Å²) in [7, 11) is 0. The molecular formula is C20H29FN4O. The molecule has 1 saturated carbocycles. The molecule has 1 aromatic carbocycles. The Morgan fingerprint density at radius 3 is 2.62 bits per heavy atom. The second-order valence-corrected chi connectivity index (χ2v) is 7.96. The number of carbonyl (C=O) groups is 1. The number of hydrogen-bond donors (Lipinski definition) is 1. The molecule has 3 atom stereocenters. The van der Waals surface area contributed by atoms with Crippen molar-refractivity contribution >= 4 is 11.6 Å². The number of likely N-dealkylation sites (tertiary alicyclic amines) is 1. The van der Waals surface area contributed by atoms with Crippen molar-refractivity contribution in [2.24, 2.45) is 17.6 Å². The minimum absolute atomic E-state index is 0.0622. The van der Waals surface area contributed by atoms with Gasteiger partial charge < -0.3 is 20.4 Å². The average molecular weight is 360 g/mol. The summed E-state index contributed by atoms with van der Waals surface area (Å²) in [5.41, 5.74) is 7.22. The third-order valence-electron chi connectivity index (χ3n) is 6.55. The Morgan fingerprint density at radius 2 is 1.96 bits per heavy atom. The number of amides is 1. The van der Waals surface area contributed by atoms with Crippen LogP contribution in [0.2, 0.25) is 0 Å². The lowest BCUT2D eigenvalue weighted by molar-refractivity contribution is 0.0779. The molecule has 142 valence electrons. The van der Waals surface area contributed by atoms with Crippen molar-refractivity contribution in [1.29, 1.82) is 0 Å². The monoisotopic (exact) mass is 360 g/mol. The van der Waals surface area contributed by atoms with Crippen molar-refractivity contribution in [1.82, 2.24) is 9.80 Å². The predicted molar refractivity (Wildman–Crippen MR) is 101 cm³/mol. The van der Waals surface area contributed by atoms with Crippen LogP contribution in [-0.4, -0.2) is 67.6 Å². The van der Waals surface area contributed by atoms with Crippen molar-refractivity contribution in [2.75, 3.05) is 50.7 Å². The second kappa shape index (κ2) is 7.16. The van der Waals surface area contributed by atoms with Gasteiger partial charge in [0.15, 0.2) is 0 Å². The van der Waals surface area contributed by atoms with Gasteiger partial charge in [-0.25, -0.2) is 4.39 Å². The van der Waals surface area contributed by atoms with Crippen LogP contribution >= 0.6 is 0 Å².